The number of hydrogen-bond acceptors (Lipinski definition) is 4. The van der Waals surface area contributed by atoms with E-state index in [1.807, 2.05) is 23.1 Å². The van der Waals surface area contributed by atoms with Crippen molar-refractivity contribution >= 4 is 22.6 Å². The molecule has 3 heterocycles. The fourth-order valence-corrected chi connectivity index (χ4v) is 4.78. The molecule has 0 radical (unpaired) electrons. The summed E-state index contributed by atoms with van der Waals surface area (Å²) in [5.41, 5.74) is 1.40. The van der Waals surface area contributed by atoms with Crippen molar-refractivity contribution in [2.24, 2.45) is 5.92 Å². The third kappa shape index (κ3) is 2.90. The lowest BCUT2D eigenvalue weighted by Crippen LogP contribution is -2.41. The van der Waals surface area contributed by atoms with Crippen LogP contribution in [0.5, 0.6) is 0 Å². The van der Waals surface area contributed by atoms with Crippen LogP contribution in [-0.2, 0) is 11.2 Å². The molecule has 2 amide bonds. The first-order chi connectivity index (χ1) is 14.0. The Balaban J connectivity index is 1.33. The zero-order valence-electron chi connectivity index (χ0n) is 16.5. The molecule has 1 aliphatic carbocycles. The van der Waals surface area contributed by atoms with Gasteiger partial charge in [0.05, 0.1) is 6.42 Å². The predicted octanol–water partition coefficient (Wildman–Crippen LogP) is 3.09. The smallest absolute Gasteiger partial charge is 0.275 e. The van der Waals surface area contributed by atoms with Crippen LogP contribution in [0.2, 0.25) is 0 Å². The molecular formula is C23H23N3O3. The van der Waals surface area contributed by atoms with Crippen LogP contribution in [0.25, 0.3) is 10.8 Å². The molecule has 2 aromatic carbocycles. The summed E-state index contributed by atoms with van der Waals surface area (Å²) in [6.07, 6.45) is 2.69. The number of carbonyl (C=O) groups excluding carboxylic acids is 2. The van der Waals surface area contributed by atoms with E-state index in [1.54, 1.807) is 14.1 Å². The van der Waals surface area contributed by atoms with Gasteiger partial charge < -0.3 is 14.2 Å². The number of fused-ring (bicyclic) bond motifs is 2. The quantitative estimate of drug-likeness (QED) is 0.688. The van der Waals surface area contributed by atoms with Crippen LogP contribution in [0.4, 0.5) is 0 Å². The normalized spacial score (nSPS) is 22.6. The summed E-state index contributed by atoms with van der Waals surface area (Å²) < 4.78 is 5.62. The van der Waals surface area contributed by atoms with Gasteiger partial charge in [-0.15, -0.1) is 0 Å². The molecule has 6 rings (SSSR count). The Kier molecular flexibility index (Phi) is 4.15. The molecule has 1 saturated carbocycles. The van der Waals surface area contributed by atoms with Gasteiger partial charge in [0, 0.05) is 32.6 Å². The Morgan fingerprint density at radius 2 is 1.97 bits per heavy atom. The molecule has 0 N–H and O–H groups in total. The summed E-state index contributed by atoms with van der Waals surface area (Å²) in [5.74, 6) is 1.01. The first-order valence-electron chi connectivity index (χ1n) is 9.95. The average molecular weight is 389 g/mol. The molecule has 6 heteroatoms. The highest BCUT2D eigenvalue weighted by atomic mass is 16.3. The molecule has 2 bridgehead atoms. The molecule has 29 heavy (non-hydrogen) atoms. The Bertz CT molecular complexity index is 1100. The second kappa shape index (κ2) is 6.72. The molecule has 3 unspecified atom stereocenters. The number of benzene rings is 2. The molecule has 1 aromatic heterocycles. The van der Waals surface area contributed by atoms with Crippen LogP contribution in [0.1, 0.15) is 34.2 Å². The van der Waals surface area contributed by atoms with E-state index in [9.17, 15) is 9.59 Å². The number of amides is 2. The molecule has 6 nitrogen and oxygen atoms in total. The van der Waals surface area contributed by atoms with Crippen LogP contribution in [0.15, 0.2) is 53.3 Å². The second-order valence-electron chi connectivity index (χ2n) is 8.26. The Hall–Kier alpha value is -3.15. The number of hydrogen-bond donors (Lipinski definition) is 0. The minimum Gasteiger partial charge on any atom is -0.447 e. The maximum atomic E-state index is 13.0. The fraction of sp³-hybridized carbons (Fsp3) is 0.348. The summed E-state index contributed by atoms with van der Waals surface area (Å²) in [5, 5.41) is 2.32. The van der Waals surface area contributed by atoms with Crippen molar-refractivity contribution in [3.63, 3.8) is 0 Å². The van der Waals surface area contributed by atoms with E-state index in [0.29, 0.717) is 23.8 Å². The van der Waals surface area contributed by atoms with Gasteiger partial charge in [-0.25, -0.2) is 4.98 Å². The zero-order valence-corrected chi connectivity index (χ0v) is 16.5. The molecule has 3 aromatic rings. The van der Waals surface area contributed by atoms with Crippen LogP contribution in [0, 0.1) is 5.92 Å². The van der Waals surface area contributed by atoms with E-state index < -0.39 is 0 Å². The second-order valence-corrected chi connectivity index (χ2v) is 8.26. The number of nitrogens with zero attached hydrogens (tertiary/aromatic N) is 3. The molecule has 2 saturated heterocycles. The van der Waals surface area contributed by atoms with Gasteiger partial charge in [-0.3, -0.25) is 9.59 Å². The first-order valence-corrected chi connectivity index (χ1v) is 9.95. The SMILES string of the molecule is CN(C)C(=O)c1ncoc1C1C2CC1N(C(=O)Cc1ccc3ccccc3c1)C2. The largest absolute Gasteiger partial charge is 0.447 e. The molecule has 2 aliphatic heterocycles. The molecule has 3 aliphatic rings. The fourth-order valence-electron chi connectivity index (χ4n) is 4.78. The van der Waals surface area contributed by atoms with Crippen molar-refractivity contribution in [1.82, 2.24) is 14.8 Å². The van der Waals surface area contributed by atoms with Gasteiger partial charge in [0.2, 0.25) is 5.91 Å². The van der Waals surface area contributed by atoms with Crippen molar-refractivity contribution in [3.05, 3.63) is 65.9 Å². The van der Waals surface area contributed by atoms with Crippen LogP contribution in [0.3, 0.4) is 0 Å². The van der Waals surface area contributed by atoms with E-state index in [1.165, 1.54) is 16.7 Å². The van der Waals surface area contributed by atoms with Crippen molar-refractivity contribution in [1.29, 1.82) is 0 Å². The highest BCUT2D eigenvalue weighted by Crippen LogP contribution is 2.53. The van der Waals surface area contributed by atoms with Gasteiger partial charge in [0.25, 0.3) is 5.91 Å². The maximum absolute atomic E-state index is 13.0. The number of carbonyl (C=O) groups is 2. The average Bonchev–Trinajstić information content (AvgIpc) is 3.42. The Labute approximate surface area is 169 Å². The van der Waals surface area contributed by atoms with Crippen LogP contribution in [-0.4, -0.2) is 53.3 Å². The summed E-state index contributed by atoms with van der Waals surface area (Å²) >= 11 is 0. The minimum absolute atomic E-state index is 0.0666. The summed E-state index contributed by atoms with van der Waals surface area (Å²) in [6, 6.07) is 14.5. The molecular weight excluding hydrogens is 366 g/mol. The lowest BCUT2D eigenvalue weighted by atomic mass is 9.72. The Morgan fingerprint density at radius 1 is 1.17 bits per heavy atom. The van der Waals surface area contributed by atoms with Gasteiger partial charge in [0.15, 0.2) is 12.1 Å². The number of rotatable bonds is 4. The highest BCUT2D eigenvalue weighted by molar-refractivity contribution is 5.93. The highest BCUT2D eigenvalue weighted by Gasteiger charge is 2.56. The topological polar surface area (TPSA) is 66.7 Å². The summed E-state index contributed by atoms with van der Waals surface area (Å²) in [6.45, 7) is 0.720. The van der Waals surface area contributed by atoms with E-state index in [4.69, 9.17) is 4.42 Å². The van der Waals surface area contributed by atoms with Crippen molar-refractivity contribution < 1.29 is 14.0 Å². The third-order valence-electron chi connectivity index (χ3n) is 6.29. The zero-order chi connectivity index (χ0) is 20.1. The maximum Gasteiger partial charge on any atom is 0.275 e. The Morgan fingerprint density at radius 3 is 2.76 bits per heavy atom. The standard InChI is InChI=1S/C23H23N3O3/c1-25(2)23(28)21-22(29-13-24-21)20-17-11-18(20)26(12-17)19(27)10-14-7-8-15-5-3-4-6-16(15)9-14/h3-9,13,17-18,20H,10-12H2,1-2H3. The van der Waals surface area contributed by atoms with E-state index >= 15 is 0 Å². The van der Waals surface area contributed by atoms with Crippen LogP contribution < -0.4 is 0 Å². The minimum atomic E-state index is -0.158. The first kappa shape index (κ1) is 17.9. The van der Waals surface area contributed by atoms with E-state index in [0.717, 1.165) is 23.9 Å². The molecule has 0 spiro atoms. The molecule has 148 valence electrons. The van der Waals surface area contributed by atoms with Gasteiger partial charge in [-0.2, -0.15) is 0 Å². The molecule has 3 fully saturated rings. The van der Waals surface area contributed by atoms with Gasteiger partial charge in [0.1, 0.15) is 5.76 Å². The van der Waals surface area contributed by atoms with Crippen LogP contribution >= 0.6 is 0 Å². The van der Waals surface area contributed by atoms with E-state index in [-0.39, 0.29) is 23.8 Å². The molecule has 3 atom stereocenters. The lowest BCUT2D eigenvalue weighted by Gasteiger charge is -2.35. The van der Waals surface area contributed by atoms with Crippen molar-refractivity contribution in [2.45, 2.75) is 24.8 Å². The summed E-state index contributed by atoms with van der Waals surface area (Å²) in [7, 11) is 3.41. The lowest BCUT2D eigenvalue weighted by molar-refractivity contribution is -0.130. The third-order valence-corrected chi connectivity index (χ3v) is 6.29. The monoisotopic (exact) mass is 389 g/mol. The van der Waals surface area contributed by atoms with Crippen molar-refractivity contribution in [2.75, 3.05) is 20.6 Å². The van der Waals surface area contributed by atoms with Gasteiger partial charge >= 0.3 is 0 Å². The van der Waals surface area contributed by atoms with Crippen molar-refractivity contribution in [3.8, 4) is 0 Å². The number of oxazole rings is 1. The summed E-state index contributed by atoms with van der Waals surface area (Å²) in [4.78, 5) is 33.0. The number of aromatic nitrogens is 1. The van der Waals surface area contributed by atoms with E-state index in [2.05, 4.69) is 29.2 Å². The predicted molar refractivity (Wildman–Crippen MR) is 109 cm³/mol. The van der Waals surface area contributed by atoms with Gasteiger partial charge in [-0.05, 0) is 28.7 Å². The van der Waals surface area contributed by atoms with Gasteiger partial charge in [-0.1, -0.05) is 42.5 Å².